The second-order valence-corrected chi connectivity index (χ2v) is 9.46. The molecule has 0 aliphatic carbocycles. The molecule has 1 aliphatic heterocycles. The summed E-state index contributed by atoms with van der Waals surface area (Å²) in [6.45, 7) is 7.28. The topological polar surface area (TPSA) is 54.2 Å². The predicted octanol–water partition coefficient (Wildman–Crippen LogP) is 4.96. The minimum absolute atomic E-state index is 0.0678. The minimum atomic E-state index is -0.279. The zero-order valence-electron chi connectivity index (χ0n) is 17.9. The van der Waals surface area contributed by atoms with Gasteiger partial charge in [-0.3, -0.25) is 4.90 Å². The molecule has 1 atom stereocenters. The lowest BCUT2D eigenvalue weighted by Crippen LogP contribution is -2.42. The number of likely N-dealkylation sites (tertiary alicyclic amines) is 1. The van der Waals surface area contributed by atoms with E-state index in [1.807, 2.05) is 24.4 Å². The van der Waals surface area contributed by atoms with Gasteiger partial charge in [-0.25, -0.2) is 9.07 Å². The Hall–Kier alpha value is -2.28. The molecule has 0 amide bonds. The lowest BCUT2D eigenvalue weighted by molar-refractivity contribution is 0.0382. The van der Waals surface area contributed by atoms with Crippen LogP contribution in [0.3, 0.4) is 0 Å². The van der Waals surface area contributed by atoms with Crippen molar-refractivity contribution in [2.75, 3.05) is 19.7 Å². The third-order valence-corrected chi connectivity index (χ3v) is 6.70. The normalized spacial score (nSPS) is 17.8. The van der Waals surface area contributed by atoms with Crippen molar-refractivity contribution < 1.29 is 9.50 Å². The maximum absolute atomic E-state index is 13.2. The fourth-order valence-electron chi connectivity index (χ4n) is 4.16. The molecule has 1 aromatic heterocycles. The molecule has 1 saturated heterocycles. The average molecular weight is 443 g/mol. The van der Waals surface area contributed by atoms with E-state index in [9.17, 15) is 9.50 Å². The van der Waals surface area contributed by atoms with Gasteiger partial charge in [-0.05, 0) is 72.7 Å². The average Bonchev–Trinajstić information content (AvgIpc) is 3.26. The Balaban J connectivity index is 1.47. The summed E-state index contributed by atoms with van der Waals surface area (Å²) in [4.78, 5) is 2.43. The summed E-state index contributed by atoms with van der Waals surface area (Å²) in [6.07, 6.45) is 4.10. The van der Waals surface area contributed by atoms with Gasteiger partial charge in [0.05, 0.1) is 11.9 Å². The quantitative estimate of drug-likeness (QED) is 0.586. The molecular formula is C24H28ClFN4O. The van der Waals surface area contributed by atoms with E-state index in [1.54, 1.807) is 16.8 Å². The van der Waals surface area contributed by atoms with E-state index in [0.717, 1.165) is 49.3 Å². The van der Waals surface area contributed by atoms with E-state index in [1.165, 1.54) is 12.1 Å². The van der Waals surface area contributed by atoms with E-state index in [-0.39, 0.29) is 17.8 Å². The lowest BCUT2D eigenvalue weighted by atomic mass is 9.75. The smallest absolute Gasteiger partial charge is 0.123 e. The Morgan fingerprint density at radius 1 is 1.19 bits per heavy atom. The maximum atomic E-state index is 13.2. The predicted molar refractivity (Wildman–Crippen MR) is 121 cm³/mol. The van der Waals surface area contributed by atoms with Crippen molar-refractivity contribution in [1.29, 1.82) is 0 Å². The Labute approximate surface area is 187 Å². The van der Waals surface area contributed by atoms with Crippen LogP contribution in [0.4, 0.5) is 4.39 Å². The summed E-state index contributed by atoms with van der Waals surface area (Å²) < 4.78 is 14.8. The van der Waals surface area contributed by atoms with E-state index in [4.69, 9.17) is 11.6 Å². The van der Waals surface area contributed by atoms with Gasteiger partial charge in [0.15, 0.2) is 0 Å². The zero-order valence-corrected chi connectivity index (χ0v) is 18.7. The molecule has 0 unspecified atom stereocenters. The summed E-state index contributed by atoms with van der Waals surface area (Å²) in [5.74, 6) is 0.197. The van der Waals surface area contributed by atoms with Gasteiger partial charge in [-0.2, -0.15) is 0 Å². The summed E-state index contributed by atoms with van der Waals surface area (Å²) in [7, 11) is 0. The first-order chi connectivity index (χ1) is 14.9. The highest BCUT2D eigenvalue weighted by molar-refractivity contribution is 6.31. The van der Waals surface area contributed by atoms with Crippen LogP contribution in [0.5, 0.6) is 0 Å². The minimum Gasteiger partial charge on any atom is -0.396 e. The molecule has 0 saturated carbocycles. The number of rotatable bonds is 6. The molecule has 0 spiro atoms. The van der Waals surface area contributed by atoms with Gasteiger partial charge in [0.2, 0.25) is 0 Å². The second-order valence-electron chi connectivity index (χ2n) is 9.05. The van der Waals surface area contributed by atoms with Crippen LogP contribution in [0.25, 0.3) is 16.9 Å². The fraction of sp³-hybridized carbons (Fsp3) is 0.417. The number of nitrogens with zero attached hydrogens (tertiary/aromatic N) is 4. The van der Waals surface area contributed by atoms with Crippen molar-refractivity contribution in [3.63, 3.8) is 0 Å². The number of halogens is 2. The van der Waals surface area contributed by atoms with Crippen LogP contribution < -0.4 is 0 Å². The molecule has 1 fully saturated rings. The monoisotopic (exact) mass is 442 g/mol. The van der Waals surface area contributed by atoms with Gasteiger partial charge < -0.3 is 5.11 Å². The molecule has 1 aliphatic rings. The number of aliphatic hydroxyl groups excluding tert-OH is 1. The van der Waals surface area contributed by atoms with Crippen LogP contribution in [0, 0.1) is 17.2 Å². The van der Waals surface area contributed by atoms with Gasteiger partial charge in [0.25, 0.3) is 0 Å². The van der Waals surface area contributed by atoms with Crippen molar-refractivity contribution in [3.8, 4) is 16.9 Å². The SMILES string of the molecule is CC(C)(CO)[C@H]1CCCN(Cc2ccc(-n3cc(-c4ccc(F)cc4)nn3)cc2Cl)C1. The Morgan fingerprint density at radius 3 is 2.68 bits per heavy atom. The first-order valence-electron chi connectivity index (χ1n) is 10.7. The summed E-state index contributed by atoms with van der Waals surface area (Å²) in [5, 5.41) is 18.8. The maximum Gasteiger partial charge on any atom is 0.123 e. The molecule has 31 heavy (non-hydrogen) atoms. The first-order valence-corrected chi connectivity index (χ1v) is 11.0. The molecule has 2 heterocycles. The molecule has 0 bridgehead atoms. The Bertz CT molecular complexity index is 1030. The summed E-state index contributed by atoms with van der Waals surface area (Å²) in [5.41, 5.74) is 3.31. The van der Waals surface area contributed by atoms with Gasteiger partial charge in [-0.15, -0.1) is 5.10 Å². The van der Waals surface area contributed by atoms with Crippen LogP contribution in [0.1, 0.15) is 32.3 Å². The van der Waals surface area contributed by atoms with Gasteiger partial charge >= 0.3 is 0 Å². The Morgan fingerprint density at radius 2 is 1.97 bits per heavy atom. The number of benzene rings is 2. The number of hydrogen-bond donors (Lipinski definition) is 1. The van der Waals surface area contributed by atoms with Crippen molar-refractivity contribution in [2.24, 2.45) is 11.3 Å². The van der Waals surface area contributed by atoms with Crippen LogP contribution in [-0.4, -0.2) is 44.7 Å². The summed E-state index contributed by atoms with van der Waals surface area (Å²) >= 11 is 6.62. The highest BCUT2D eigenvalue weighted by atomic mass is 35.5. The fourth-order valence-corrected chi connectivity index (χ4v) is 4.39. The van der Waals surface area contributed by atoms with Crippen molar-refractivity contribution in [2.45, 2.75) is 33.2 Å². The number of hydrogen-bond acceptors (Lipinski definition) is 4. The molecule has 3 aromatic rings. The van der Waals surface area contributed by atoms with Gasteiger partial charge in [0.1, 0.15) is 11.5 Å². The standard InChI is InChI=1S/C24H28ClFN4O/c1-24(2,16-31)19-4-3-11-29(14-19)13-18-7-10-21(12-22(18)25)30-15-23(27-28-30)17-5-8-20(26)9-6-17/h5-10,12,15,19,31H,3-4,11,13-14,16H2,1-2H3/t19-/m0/s1. The van der Waals surface area contributed by atoms with Crippen LogP contribution in [0.15, 0.2) is 48.7 Å². The molecule has 5 nitrogen and oxygen atoms in total. The highest BCUT2D eigenvalue weighted by Crippen LogP contribution is 2.34. The number of aliphatic hydroxyl groups is 1. The van der Waals surface area contributed by atoms with Crippen molar-refractivity contribution in [1.82, 2.24) is 19.9 Å². The molecule has 4 rings (SSSR count). The molecular weight excluding hydrogens is 415 g/mol. The van der Waals surface area contributed by atoms with Gasteiger partial charge in [-0.1, -0.05) is 36.7 Å². The second kappa shape index (κ2) is 9.07. The van der Waals surface area contributed by atoms with Gasteiger partial charge in [0, 0.05) is 30.3 Å². The largest absolute Gasteiger partial charge is 0.396 e. The molecule has 1 N–H and O–H groups in total. The highest BCUT2D eigenvalue weighted by Gasteiger charge is 2.32. The van der Waals surface area contributed by atoms with Crippen LogP contribution in [0.2, 0.25) is 5.02 Å². The van der Waals surface area contributed by atoms with E-state index in [2.05, 4.69) is 29.1 Å². The van der Waals surface area contributed by atoms with Crippen molar-refractivity contribution >= 4 is 11.6 Å². The van der Waals surface area contributed by atoms with Crippen LogP contribution in [-0.2, 0) is 6.54 Å². The number of aromatic nitrogens is 3. The molecule has 164 valence electrons. The molecule has 7 heteroatoms. The third-order valence-electron chi connectivity index (χ3n) is 6.35. The van der Waals surface area contributed by atoms with E-state index < -0.39 is 0 Å². The van der Waals surface area contributed by atoms with Crippen LogP contribution >= 0.6 is 11.6 Å². The Kier molecular flexibility index (Phi) is 6.42. The van der Waals surface area contributed by atoms with E-state index >= 15 is 0 Å². The third kappa shape index (κ3) is 4.97. The molecule has 0 radical (unpaired) electrons. The first kappa shape index (κ1) is 21.9. The zero-order chi connectivity index (χ0) is 22.0. The molecule has 2 aromatic carbocycles. The van der Waals surface area contributed by atoms with E-state index in [0.29, 0.717) is 16.6 Å². The summed E-state index contributed by atoms with van der Waals surface area (Å²) in [6, 6.07) is 12.1. The van der Waals surface area contributed by atoms with Crippen molar-refractivity contribution in [3.05, 3.63) is 65.1 Å². The lowest BCUT2D eigenvalue weighted by Gasteiger charge is -2.40. The number of piperidine rings is 1.